The van der Waals surface area contributed by atoms with Crippen LogP contribution in [0.3, 0.4) is 0 Å². The quantitative estimate of drug-likeness (QED) is 0.707. The molecule has 2 aromatic heterocycles. The van der Waals surface area contributed by atoms with Crippen molar-refractivity contribution >= 4 is 17.2 Å². The van der Waals surface area contributed by atoms with Crippen LogP contribution in [0.25, 0.3) is 11.3 Å². The monoisotopic (exact) mass is 280 g/mol. The van der Waals surface area contributed by atoms with Gasteiger partial charge in [0, 0.05) is 11.3 Å². The van der Waals surface area contributed by atoms with Gasteiger partial charge in [-0.3, -0.25) is 0 Å². The summed E-state index contributed by atoms with van der Waals surface area (Å²) in [6.45, 7) is 1.78. The number of aromatic nitrogens is 3. The number of nitrogens with one attached hydrogen (secondary N) is 2. The largest absolute Gasteiger partial charge is 0.444 e. The molecule has 2 N–H and O–H groups in total. The minimum absolute atomic E-state index is 0.380. The summed E-state index contributed by atoms with van der Waals surface area (Å²) < 4.78 is 5.28. The molecule has 0 aliphatic heterocycles. The molecule has 0 fully saturated rings. The van der Waals surface area contributed by atoms with Crippen LogP contribution < -0.4 is 5.32 Å². The van der Waals surface area contributed by atoms with Gasteiger partial charge in [0.1, 0.15) is 11.5 Å². The van der Waals surface area contributed by atoms with Crippen LogP contribution in [0.2, 0.25) is 0 Å². The maximum absolute atomic E-state index is 7.16. The topological polar surface area (TPSA) is 100 Å². The van der Waals surface area contributed by atoms with E-state index in [0.717, 1.165) is 11.3 Å². The molecule has 0 radical (unpaired) electrons. The second-order valence-electron chi connectivity index (χ2n) is 4.33. The van der Waals surface area contributed by atoms with E-state index in [4.69, 9.17) is 9.95 Å². The molecular weight excluding hydrogens is 268 g/mol. The summed E-state index contributed by atoms with van der Waals surface area (Å²) in [6.07, 6.45) is 4.55. The Bertz CT molecular complexity index is 769. The third-order valence-electron chi connectivity index (χ3n) is 2.85. The standard InChI is InChI=1S/C14H12N6O/c1-9-17-6-12(20-15)14(18-9)19-11-4-2-3-10(5-11)13-7-16-8-21-13/h2-8,15H,1H3,(H,17,18,19). The second-order valence-corrected chi connectivity index (χ2v) is 4.33. The van der Waals surface area contributed by atoms with Crippen molar-refractivity contribution in [2.24, 2.45) is 5.11 Å². The van der Waals surface area contributed by atoms with Crippen molar-refractivity contribution in [1.82, 2.24) is 15.0 Å². The number of aryl methyl sites for hydroxylation is 1. The highest BCUT2D eigenvalue weighted by atomic mass is 16.3. The van der Waals surface area contributed by atoms with E-state index in [1.54, 1.807) is 13.1 Å². The van der Waals surface area contributed by atoms with E-state index in [1.807, 2.05) is 24.3 Å². The summed E-state index contributed by atoms with van der Waals surface area (Å²) in [7, 11) is 0. The Balaban J connectivity index is 1.94. The first kappa shape index (κ1) is 12.9. The van der Waals surface area contributed by atoms with Gasteiger partial charge in [-0.15, -0.1) is 0 Å². The molecule has 1 aromatic carbocycles. The molecule has 7 nitrogen and oxygen atoms in total. The van der Waals surface area contributed by atoms with Gasteiger partial charge in [0.15, 0.2) is 18.0 Å². The van der Waals surface area contributed by atoms with Crippen LogP contribution in [-0.2, 0) is 0 Å². The summed E-state index contributed by atoms with van der Waals surface area (Å²) in [6, 6.07) is 7.62. The minimum atomic E-state index is 0.380. The Morgan fingerprint density at radius 1 is 1.29 bits per heavy atom. The van der Waals surface area contributed by atoms with Crippen LogP contribution in [0.15, 0.2) is 52.6 Å². The van der Waals surface area contributed by atoms with Gasteiger partial charge in [0.05, 0.1) is 12.4 Å². The molecule has 0 aliphatic rings. The Labute approximate surface area is 120 Å². The van der Waals surface area contributed by atoms with Crippen molar-refractivity contribution in [3.63, 3.8) is 0 Å². The first-order chi connectivity index (χ1) is 10.3. The number of hydrogen-bond donors (Lipinski definition) is 2. The lowest BCUT2D eigenvalue weighted by Gasteiger charge is -2.08. The molecule has 0 bridgehead atoms. The summed E-state index contributed by atoms with van der Waals surface area (Å²) >= 11 is 0. The van der Waals surface area contributed by atoms with E-state index in [-0.39, 0.29) is 0 Å². The second kappa shape index (κ2) is 5.49. The van der Waals surface area contributed by atoms with Crippen LogP contribution in [0.5, 0.6) is 0 Å². The number of oxazole rings is 1. The van der Waals surface area contributed by atoms with Gasteiger partial charge in [-0.2, -0.15) is 5.11 Å². The Hall–Kier alpha value is -3.09. The van der Waals surface area contributed by atoms with Gasteiger partial charge in [-0.25, -0.2) is 20.5 Å². The fraction of sp³-hybridized carbons (Fsp3) is 0.0714. The summed E-state index contributed by atoms with van der Waals surface area (Å²) in [4.78, 5) is 12.2. The zero-order chi connectivity index (χ0) is 14.7. The van der Waals surface area contributed by atoms with Crippen LogP contribution in [-0.4, -0.2) is 15.0 Å². The summed E-state index contributed by atoms with van der Waals surface area (Å²) in [5.74, 6) is 1.78. The Morgan fingerprint density at radius 2 is 2.19 bits per heavy atom. The third kappa shape index (κ3) is 2.76. The smallest absolute Gasteiger partial charge is 0.181 e. The average Bonchev–Trinajstić information content (AvgIpc) is 3.02. The number of anilines is 2. The zero-order valence-corrected chi connectivity index (χ0v) is 11.2. The molecule has 0 atom stereocenters. The average molecular weight is 280 g/mol. The lowest BCUT2D eigenvalue weighted by molar-refractivity contribution is 0.572. The predicted octanol–water partition coefficient (Wildman–Crippen LogP) is 3.85. The normalized spacial score (nSPS) is 10.3. The van der Waals surface area contributed by atoms with E-state index in [9.17, 15) is 0 Å². The lowest BCUT2D eigenvalue weighted by atomic mass is 10.1. The molecule has 7 heteroatoms. The maximum atomic E-state index is 7.16. The molecule has 104 valence electrons. The number of rotatable bonds is 4. The van der Waals surface area contributed by atoms with E-state index in [2.05, 4.69) is 25.4 Å². The molecule has 0 amide bonds. The highest BCUT2D eigenvalue weighted by Crippen LogP contribution is 2.27. The molecule has 0 aliphatic carbocycles. The van der Waals surface area contributed by atoms with E-state index < -0.39 is 0 Å². The molecule has 3 aromatic rings. The fourth-order valence-electron chi connectivity index (χ4n) is 1.88. The molecular formula is C14H12N6O. The SMILES string of the molecule is Cc1ncc(N=N)c(Nc2cccc(-c3cnco3)c2)n1. The first-order valence-corrected chi connectivity index (χ1v) is 6.23. The number of nitrogens with zero attached hydrogens (tertiary/aromatic N) is 4. The van der Waals surface area contributed by atoms with Crippen molar-refractivity contribution in [3.05, 3.63) is 48.9 Å². The summed E-state index contributed by atoms with van der Waals surface area (Å²) in [5, 5.41) is 6.55. The minimum Gasteiger partial charge on any atom is -0.444 e. The van der Waals surface area contributed by atoms with Gasteiger partial charge in [0.2, 0.25) is 0 Å². The van der Waals surface area contributed by atoms with Crippen LogP contribution in [0.4, 0.5) is 17.2 Å². The van der Waals surface area contributed by atoms with Crippen molar-refractivity contribution in [2.75, 3.05) is 5.32 Å². The van der Waals surface area contributed by atoms with Crippen molar-refractivity contribution in [1.29, 1.82) is 5.53 Å². The maximum Gasteiger partial charge on any atom is 0.181 e. The van der Waals surface area contributed by atoms with Crippen molar-refractivity contribution < 1.29 is 4.42 Å². The van der Waals surface area contributed by atoms with Gasteiger partial charge < -0.3 is 9.73 Å². The van der Waals surface area contributed by atoms with E-state index >= 15 is 0 Å². The predicted molar refractivity (Wildman–Crippen MR) is 76.8 cm³/mol. The highest BCUT2D eigenvalue weighted by Gasteiger charge is 2.07. The molecule has 0 saturated carbocycles. The summed E-state index contributed by atoms with van der Waals surface area (Å²) in [5.41, 5.74) is 9.25. The van der Waals surface area contributed by atoms with Crippen LogP contribution in [0.1, 0.15) is 5.82 Å². The molecule has 2 heterocycles. The van der Waals surface area contributed by atoms with Crippen LogP contribution >= 0.6 is 0 Å². The van der Waals surface area contributed by atoms with Gasteiger partial charge in [-0.1, -0.05) is 12.1 Å². The van der Waals surface area contributed by atoms with E-state index in [1.165, 1.54) is 12.6 Å². The van der Waals surface area contributed by atoms with Gasteiger partial charge in [0.25, 0.3) is 0 Å². The van der Waals surface area contributed by atoms with Crippen LogP contribution in [0, 0.1) is 12.5 Å². The van der Waals surface area contributed by atoms with E-state index in [0.29, 0.717) is 23.1 Å². The Kier molecular flexibility index (Phi) is 3.38. The highest BCUT2D eigenvalue weighted by molar-refractivity contribution is 5.71. The van der Waals surface area contributed by atoms with Gasteiger partial charge in [-0.05, 0) is 19.1 Å². The fourth-order valence-corrected chi connectivity index (χ4v) is 1.88. The lowest BCUT2D eigenvalue weighted by Crippen LogP contribution is -1.97. The first-order valence-electron chi connectivity index (χ1n) is 6.23. The third-order valence-corrected chi connectivity index (χ3v) is 2.85. The molecule has 0 unspecified atom stereocenters. The van der Waals surface area contributed by atoms with Gasteiger partial charge >= 0.3 is 0 Å². The Morgan fingerprint density at radius 3 is 2.95 bits per heavy atom. The number of benzene rings is 1. The number of hydrogen-bond acceptors (Lipinski definition) is 7. The van der Waals surface area contributed by atoms with Crippen molar-refractivity contribution in [3.8, 4) is 11.3 Å². The van der Waals surface area contributed by atoms with Crippen molar-refractivity contribution in [2.45, 2.75) is 6.92 Å². The molecule has 0 saturated heterocycles. The molecule has 0 spiro atoms. The molecule has 21 heavy (non-hydrogen) atoms. The zero-order valence-electron chi connectivity index (χ0n) is 11.2. The molecule has 3 rings (SSSR count).